The second-order valence-corrected chi connectivity index (χ2v) is 8.71. The van der Waals surface area contributed by atoms with Crippen molar-refractivity contribution in [1.82, 2.24) is 9.47 Å². The van der Waals surface area contributed by atoms with E-state index in [0.29, 0.717) is 31.3 Å². The molecule has 5 rings (SSSR count). The van der Waals surface area contributed by atoms with E-state index >= 15 is 0 Å². The van der Waals surface area contributed by atoms with Crippen LogP contribution in [0.5, 0.6) is 5.75 Å². The third-order valence-electron chi connectivity index (χ3n) is 5.85. The number of fused-ring (bicyclic) bond motifs is 4. The summed E-state index contributed by atoms with van der Waals surface area (Å²) in [5, 5.41) is 1.99. The second kappa shape index (κ2) is 7.52. The molecule has 2 atom stereocenters. The molecule has 1 fully saturated rings. The average Bonchev–Trinajstić information content (AvgIpc) is 3.28. The highest BCUT2D eigenvalue weighted by molar-refractivity contribution is 7.13. The molecule has 1 amide bonds. The molecule has 0 N–H and O–H groups in total. The van der Waals surface area contributed by atoms with Gasteiger partial charge in [0.2, 0.25) is 0 Å². The largest absolute Gasteiger partial charge is 0.484 e. The van der Waals surface area contributed by atoms with Crippen LogP contribution in [0.25, 0.3) is 10.4 Å². The summed E-state index contributed by atoms with van der Waals surface area (Å²) in [7, 11) is 0. The monoisotopic (exact) mass is 406 g/mol. The lowest BCUT2D eigenvalue weighted by atomic mass is 9.83. The van der Waals surface area contributed by atoms with Crippen LogP contribution in [0, 0.1) is 5.92 Å². The van der Waals surface area contributed by atoms with E-state index in [-0.39, 0.29) is 24.0 Å². The Kier molecular flexibility index (Phi) is 4.72. The summed E-state index contributed by atoms with van der Waals surface area (Å²) in [6, 6.07) is 17.4. The predicted molar refractivity (Wildman–Crippen MR) is 113 cm³/mol. The Hall–Kier alpha value is -2.86. The van der Waals surface area contributed by atoms with Crippen LogP contribution in [0.1, 0.15) is 18.0 Å². The highest BCUT2D eigenvalue weighted by atomic mass is 32.1. The topological polar surface area (TPSA) is 51.5 Å². The van der Waals surface area contributed by atoms with Crippen LogP contribution in [-0.2, 0) is 11.3 Å². The van der Waals surface area contributed by atoms with E-state index in [4.69, 9.17) is 4.74 Å². The number of nitrogens with zero attached hydrogens (tertiary/aromatic N) is 2. The van der Waals surface area contributed by atoms with Crippen molar-refractivity contribution < 1.29 is 9.53 Å². The Balaban J connectivity index is 1.34. The lowest BCUT2D eigenvalue weighted by molar-refractivity contribution is -0.136. The zero-order chi connectivity index (χ0) is 19.8. The van der Waals surface area contributed by atoms with Gasteiger partial charge in [-0.3, -0.25) is 9.59 Å². The van der Waals surface area contributed by atoms with Gasteiger partial charge >= 0.3 is 0 Å². The number of benzene rings is 1. The van der Waals surface area contributed by atoms with Crippen LogP contribution in [0.15, 0.2) is 64.8 Å². The molecule has 1 aromatic carbocycles. The fourth-order valence-corrected chi connectivity index (χ4v) is 5.27. The number of likely N-dealkylation sites (tertiary alicyclic amines) is 1. The number of hydrogen-bond acceptors (Lipinski definition) is 4. The molecule has 2 bridgehead atoms. The van der Waals surface area contributed by atoms with Gasteiger partial charge in [-0.05, 0) is 48.1 Å². The lowest BCUT2D eigenvalue weighted by Crippen LogP contribution is -2.50. The lowest BCUT2D eigenvalue weighted by Gasteiger charge is -2.42. The molecular weight excluding hydrogens is 384 g/mol. The van der Waals surface area contributed by atoms with Crippen LogP contribution < -0.4 is 10.3 Å². The van der Waals surface area contributed by atoms with Crippen molar-refractivity contribution in [3.8, 4) is 16.2 Å². The highest BCUT2D eigenvalue weighted by Gasteiger charge is 2.36. The molecule has 0 saturated carbocycles. The Morgan fingerprint density at radius 2 is 1.90 bits per heavy atom. The maximum atomic E-state index is 13.1. The van der Waals surface area contributed by atoms with Crippen molar-refractivity contribution in [3.63, 3.8) is 0 Å². The smallest absolute Gasteiger partial charge is 0.260 e. The summed E-state index contributed by atoms with van der Waals surface area (Å²) in [6.07, 6.45) is 1.03. The van der Waals surface area contributed by atoms with Gasteiger partial charge in [0.1, 0.15) is 5.75 Å². The van der Waals surface area contributed by atoms with E-state index < -0.39 is 0 Å². The molecule has 2 aliphatic heterocycles. The number of hydrogen-bond donors (Lipinski definition) is 0. The Morgan fingerprint density at radius 3 is 2.69 bits per heavy atom. The van der Waals surface area contributed by atoms with Crippen molar-refractivity contribution in [2.24, 2.45) is 5.92 Å². The first kappa shape index (κ1) is 18.2. The highest BCUT2D eigenvalue weighted by Crippen LogP contribution is 2.36. The minimum absolute atomic E-state index is 0.00885. The van der Waals surface area contributed by atoms with Crippen LogP contribution >= 0.6 is 11.3 Å². The summed E-state index contributed by atoms with van der Waals surface area (Å²) < 4.78 is 7.58. The third kappa shape index (κ3) is 3.49. The fourth-order valence-electron chi connectivity index (χ4n) is 4.52. The Morgan fingerprint density at radius 1 is 1.03 bits per heavy atom. The Labute approximate surface area is 173 Å². The molecule has 5 nitrogen and oxygen atoms in total. The number of carbonyl (C=O) groups excluding carboxylic acids is 1. The minimum Gasteiger partial charge on any atom is -0.484 e. The van der Waals surface area contributed by atoms with Crippen molar-refractivity contribution in [2.45, 2.75) is 18.9 Å². The van der Waals surface area contributed by atoms with E-state index in [0.717, 1.165) is 22.6 Å². The zero-order valence-electron chi connectivity index (χ0n) is 16.0. The van der Waals surface area contributed by atoms with Gasteiger partial charge in [0.15, 0.2) is 6.61 Å². The van der Waals surface area contributed by atoms with Crippen LogP contribution in [0.3, 0.4) is 0 Å². The molecule has 29 heavy (non-hydrogen) atoms. The van der Waals surface area contributed by atoms with E-state index in [1.807, 2.05) is 63.4 Å². The number of piperidine rings is 1. The minimum atomic E-state index is 0.00885. The number of para-hydroxylation sites is 1. The predicted octanol–water partition coefficient (Wildman–Crippen LogP) is 3.60. The molecule has 0 radical (unpaired) electrons. The van der Waals surface area contributed by atoms with Gasteiger partial charge in [-0.2, -0.15) is 0 Å². The molecule has 0 unspecified atom stereocenters. The van der Waals surface area contributed by atoms with Gasteiger partial charge in [0.25, 0.3) is 11.5 Å². The average molecular weight is 407 g/mol. The van der Waals surface area contributed by atoms with E-state index in [2.05, 4.69) is 6.07 Å². The maximum Gasteiger partial charge on any atom is 0.260 e. The molecule has 148 valence electrons. The number of thiophene rings is 1. The zero-order valence-corrected chi connectivity index (χ0v) is 16.8. The second-order valence-electron chi connectivity index (χ2n) is 7.76. The first-order valence-corrected chi connectivity index (χ1v) is 10.8. The van der Waals surface area contributed by atoms with E-state index in [1.165, 1.54) is 0 Å². The van der Waals surface area contributed by atoms with Crippen LogP contribution in [0.2, 0.25) is 0 Å². The molecule has 2 aliphatic rings. The number of pyridine rings is 1. The molecule has 2 aromatic heterocycles. The Bertz CT molecular complexity index is 1080. The van der Waals surface area contributed by atoms with E-state index in [9.17, 15) is 9.59 Å². The summed E-state index contributed by atoms with van der Waals surface area (Å²) in [5.41, 5.74) is 1.91. The van der Waals surface area contributed by atoms with Gasteiger partial charge < -0.3 is 14.2 Å². The summed E-state index contributed by atoms with van der Waals surface area (Å²) >= 11 is 1.59. The number of ether oxygens (including phenoxy) is 1. The summed E-state index contributed by atoms with van der Waals surface area (Å²) in [6.45, 7) is 2.05. The third-order valence-corrected chi connectivity index (χ3v) is 6.75. The molecular formula is C23H22N2O3S. The number of carbonyl (C=O) groups is 1. The first-order valence-electron chi connectivity index (χ1n) is 9.92. The van der Waals surface area contributed by atoms with Crippen molar-refractivity contribution >= 4 is 17.2 Å². The first-order chi connectivity index (χ1) is 14.2. The van der Waals surface area contributed by atoms with Gasteiger partial charge in [-0.15, -0.1) is 11.3 Å². The van der Waals surface area contributed by atoms with Gasteiger partial charge in [0.05, 0.1) is 5.56 Å². The molecule has 4 heterocycles. The van der Waals surface area contributed by atoms with Crippen molar-refractivity contribution in [3.05, 3.63) is 76.0 Å². The molecule has 3 aromatic rings. The number of amides is 1. The number of aromatic nitrogens is 1. The number of rotatable bonds is 4. The van der Waals surface area contributed by atoms with Crippen LogP contribution in [0.4, 0.5) is 0 Å². The summed E-state index contributed by atoms with van der Waals surface area (Å²) in [4.78, 5) is 28.7. The normalized spacial score (nSPS) is 20.2. The van der Waals surface area contributed by atoms with Crippen LogP contribution in [-0.4, -0.2) is 35.1 Å². The van der Waals surface area contributed by atoms with Gasteiger partial charge in [0, 0.05) is 36.1 Å². The molecule has 0 spiro atoms. The molecule has 1 saturated heterocycles. The van der Waals surface area contributed by atoms with E-state index in [1.54, 1.807) is 11.3 Å². The van der Waals surface area contributed by atoms with Crippen molar-refractivity contribution in [2.75, 3.05) is 19.7 Å². The van der Waals surface area contributed by atoms with Gasteiger partial charge in [-0.1, -0.05) is 24.3 Å². The van der Waals surface area contributed by atoms with Crippen molar-refractivity contribution in [1.29, 1.82) is 0 Å². The summed E-state index contributed by atoms with van der Waals surface area (Å²) in [5.74, 6) is 1.22. The molecule has 0 aliphatic carbocycles. The van der Waals surface area contributed by atoms with Gasteiger partial charge in [-0.25, -0.2) is 0 Å². The maximum absolute atomic E-state index is 13.1. The quantitative estimate of drug-likeness (QED) is 0.665. The standard InChI is InChI=1S/C23H22N2O3S/c26-22(15-28-18-5-2-1-3-6-18)24-12-16-11-17(14-24)20-9-8-19(21-7-4-10-29-21)23(27)25(20)13-16/h1-10,16-17H,11-15H2/t16-,17+/m0/s1. The molecule has 6 heteroatoms. The fraction of sp³-hybridized carbons (Fsp3) is 0.304. The SMILES string of the molecule is O=C(COc1ccccc1)N1C[C@@H]2C[C@H](C1)c1ccc(-c3cccs3)c(=O)n1C2.